The first-order valence-electron chi connectivity index (χ1n) is 6.83. The van der Waals surface area contributed by atoms with Gasteiger partial charge in [0, 0.05) is 13.2 Å². The molecule has 0 atom stereocenters. The second-order valence-corrected chi connectivity index (χ2v) is 4.52. The van der Waals surface area contributed by atoms with Crippen LogP contribution in [-0.2, 0) is 6.61 Å². The fraction of sp³-hybridized carbons (Fsp3) is 0.250. The molecule has 1 amide bonds. The van der Waals surface area contributed by atoms with Gasteiger partial charge in [0.25, 0.3) is 5.91 Å². The third-order valence-electron chi connectivity index (χ3n) is 2.87. The first-order chi connectivity index (χ1) is 10.7. The van der Waals surface area contributed by atoms with Gasteiger partial charge in [-0.15, -0.1) is 0 Å². The molecule has 0 radical (unpaired) electrons. The second kappa shape index (κ2) is 7.86. The zero-order chi connectivity index (χ0) is 15.8. The van der Waals surface area contributed by atoms with Crippen molar-refractivity contribution in [2.45, 2.75) is 13.0 Å². The maximum atomic E-state index is 11.7. The molecule has 1 aromatic heterocycles. The summed E-state index contributed by atoms with van der Waals surface area (Å²) in [5.74, 6) is 1.02. The summed E-state index contributed by atoms with van der Waals surface area (Å²) < 4.78 is 10.9. The summed E-state index contributed by atoms with van der Waals surface area (Å²) in [7, 11) is 0. The van der Waals surface area contributed by atoms with Crippen molar-refractivity contribution in [2.24, 2.45) is 0 Å². The highest BCUT2D eigenvalue weighted by molar-refractivity contribution is 5.91. The van der Waals surface area contributed by atoms with Crippen LogP contribution in [0, 0.1) is 11.3 Å². The average Bonchev–Trinajstić information content (AvgIpc) is 3.02. The number of carbonyl (C=O) groups is 1. The van der Waals surface area contributed by atoms with Crippen molar-refractivity contribution in [3.8, 4) is 11.8 Å². The Morgan fingerprint density at radius 1 is 1.27 bits per heavy atom. The molecule has 6 nitrogen and oxygen atoms in total. The molecule has 0 spiro atoms. The molecule has 2 rings (SSSR count). The van der Waals surface area contributed by atoms with E-state index in [9.17, 15) is 4.79 Å². The number of benzene rings is 1. The SMILES string of the molecule is N#Cc1ccc(OCc2ccc(C(=O)NCCCO)o2)cc1. The van der Waals surface area contributed by atoms with Crippen LogP contribution < -0.4 is 10.1 Å². The smallest absolute Gasteiger partial charge is 0.286 e. The highest BCUT2D eigenvalue weighted by Crippen LogP contribution is 2.15. The van der Waals surface area contributed by atoms with Gasteiger partial charge in [0.2, 0.25) is 0 Å². The van der Waals surface area contributed by atoms with E-state index in [4.69, 9.17) is 19.5 Å². The van der Waals surface area contributed by atoms with Crippen molar-refractivity contribution in [3.05, 3.63) is 53.5 Å². The van der Waals surface area contributed by atoms with Crippen molar-refractivity contribution in [2.75, 3.05) is 13.2 Å². The molecule has 0 saturated carbocycles. The van der Waals surface area contributed by atoms with Gasteiger partial charge in [-0.2, -0.15) is 5.26 Å². The lowest BCUT2D eigenvalue weighted by molar-refractivity contribution is 0.0919. The number of furan rings is 1. The number of carbonyl (C=O) groups excluding carboxylic acids is 1. The van der Waals surface area contributed by atoms with Crippen molar-refractivity contribution >= 4 is 5.91 Å². The van der Waals surface area contributed by atoms with E-state index >= 15 is 0 Å². The molecule has 0 unspecified atom stereocenters. The van der Waals surface area contributed by atoms with Crippen molar-refractivity contribution in [3.63, 3.8) is 0 Å². The molecule has 114 valence electrons. The molecule has 0 fully saturated rings. The summed E-state index contributed by atoms with van der Waals surface area (Å²) in [6, 6.07) is 12.0. The standard InChI is InChI=1S/C16H16N2O4/c17-10-12-2-4-13(5-3-12)21-11-14-6-7-15(22-14)16(20)18-8-1-9-19/h2-7,19H,1,8-9,11H2,(H,18,20). The van der Waals surface area contributed by atoms with Crippen LogP contribution in [-0.4, -0.2) is 24.2 Å². The van der Waals surface area contributed by atoms with Gasteiger partial charge in [0.1, 0.15) is 18.1 Å². The summed E-state index contributed by atoms with van der Waals surface area (Å²) >= 11 is 0. The molecule has 0 aliphatic carbocycles. The normalized spacial score (nSPS) is 10.0. The van der Waals surface area contributed by atoms with E-state index in [0.717, 1.165) is 0 Å². The highest BCUT2D eigenvalue weighted by atomic mass is 16.5. The van der Waals surface area contributed by atoms with Gasteiger partial charge in [-0.1, -0.05) is 0 Å². The molecule has 0 bridgehead atoms. The van der Waals surface area contributed by atoms with Crippen LogP contribution in [0.2, 0.25) is 0 Å². The van der Waals surface area contributed by atoms with Gasteiger partial charge >= 0.3 is 0 Å². The van der Waals surface area contributed by atoms with Crippen LogP contribution in [0.25, 0.3) is 0 Å². The Bertz CT molecular complexity index is 656. The lowest BCUT2D eigenvalue weighted by Crippen LogP contribution is -2.24. The molecule has 1 heterocycles. The lowest BCUT2D eigenvalue weighted by atomic mass is 10.2. The highest BCUT2D eigenvalue weighted by Gasteiger charge is 2.10. The zero-order valence-electron chi connectivity index (χ0n) is 11.9. The van der Waals surface area contributed by atoms with E-state index in [1.807, 2.05) is 6.07 Å². The van der Waals surface area contributed by atoms with Gasteiger partial charge in [0.15, 0.2) is 5.76 Å². The number of nitrogens with zero attached hydrogens (tertiary/aromatic N) is 1. The number of rotatable bonds is 7. The summed E-state index contributed by atoms with van der Waals surface area (Å²) in [6.07, 6.45) is 0.501. The predicted octanol–water partition coefficient (Wildman–Crippen LogP) is 1.84. The number of nitrogens with one attached hydrogen (secondary N) is 1. The van der Waals surface area contributed by atoms with Crippen molar-refractivity contribution in [1.82, 2.24) is 5.32 Å². The van der Waals surface area contributed by atoms with Gasteiger partial charge < -0.3 is 19.6 Å². The Hall–Kier alpha value is -2.78. The number of aliphatic hydroxyl groups is 1. The largest absolute Gasteiger partial charge is 0.486 e. The Kier molecular flexibility index (Phi) is 5.57. The molecule has 2 N–H and O–H groups in total. The predicted molar refractivity (Wildman–Crippen MR) is 78.2 cm³/mol. The minimum Gasteiger partial charge on any atom is -0.486 e. The Labute approximate surface area is 127 Å². The fourth-order valence-electron chi connectivity index (χ4n) is 1.73. The maximum Gasteiger partial charge on any atom is 0.286 e. The van der Waals surface area contributed by atoms with E-state index in [1.54, 1.807) is 36.4 Å². The molecule has 6 heteroatoms. The third kappa shape index (κ3) is 4.36. The molecular formula is C16H16N2O4. The molecule has 0 aliphatic heterocycles. The van der Waals surface area contributed by atoms with Crippen molar-refractivity contribution < 1.29 is 19.1 Å². The molecule has 1 aromatic carbocycles. The lowest BCUT2D eigenvalue weighted by Gasteiger charge is -2.04. The number of ether oxygens (including phenoxy) is 1. The van der Waals surface area contributed by atoms with E-state index in [-0.39, 0.29) is 24.9 Å². The molecule has 22 heavy (non-hydrogen) atoms. The quantitative estimate of drug-likeness (QED) is 0.761. The zero-order valence-corrected chi connectivity index (χ0v) is 11.9. The Morgan fingerprint density at radius 2 is 2.05 bits per heavy atom. The van der Waals surface area contributed by atoms with Crippen LogP contribution in [0.5, 0.6) is 5.75 Å². The van der Waals surface area contributed by atoms with Gasteiger partial charge in [-0.3, -0.25) is 4.79 Å². The van der Waals surface area contributed by atoms with E-state index in [1.165, 1.54) is 0 Å². The monoisotopic (exact) mass is 300 g/mol. The molecule has 2 aromatic rings. The van der Waals surface area contributed by atoms with Crippen LogP contribution in [0.15, 0.2) is 40.8 Å². The summed E-state index contributed by atoms with van der Waals surface area (Å²) in [5.41, 5.74) is 0.562. The number of hydrogen-bond acceptors (Lipinski definition) is 5. The fourth-order valence-corrected chi connectivity index (χ4v) is 1.73. The van der Waals surface area contributed by atoms with Crippen LogP contribution in [0.4, 0.5) is 0 Å². The first kappa shape index (κ1) is 15.6. The maximum absolute atomic E-state index is 11.7. The summed E-state index contributed by atoms with van der Waals surface area (Å²) in [4.78, 5) is 11.7. The summed E-state index contributed by atoms with van der Waals surface area (Å²) in [5, 5.41) is 20.0. The molecular weight excluding hydrogens is 284 g/mol. The van der Waals surface area contributed by atoms with E-state index in [2.05, 4.69) is 5.32 Å². The number of nitriles is 1. The van der Waals surface area contributed by atoms with E-state index < -0.39 is 0 Å². The minimum atomic E-state index is -0.321. The second-order valence-electron chi connectivity index (χ2n) is 4.52. The minimum absolute atomic E-state index is 0.0299. The molecule has 0 aliphatic rings. The van der Waals surface area contributed by atoms with Gasteiger partial charge in [-0.25, -0.2) is 0 Å². The van der Waals surface area contributed by atoms with Gasteiger partial charge in [0.05, 0.1) is 11.6 Å². The average molecular weight is 300 g/mol. The van der Waals surface area contributed by atoms with Crippen LogP contribution in [0.3, 0.4) is 0 Å². The Morgan fingerprint density at radius 3 is 2.73 bits per heavy atom. The van der Waals surface area contributed by atoms with Crippen molar-refractivity contribution in [1.29, 1.82) is 5.26 Å². The topological polar surface area (TPSA) is 95.5 Å². The number of aliphatic hydroxyl groups excluding tert-OH is 1. The van der Waals surface area contributed by atoms with E-state index in [0.29, 0.717) is 30.0 Å². The number of amides is 1. The molecule has 0 saturated heterocycles. The third-order valence-corrected chi connectivity index (χ3v) is 2.87. The van der Waals surface area contributed by atoms with Crippen LogP contribution in [0.1, 0.15) is 28.3 Å². The Balaban J connectivity index is 1.86. The summed E-state index contributed by atoms with van der Waals surface area (Å²) in [6.45, 7) is 0.616. The van der Waals surface area contributed by atoms with Crippen LogP contribution >= 0.6 is 0 Å². The number of hydrogen-bond donors (Lipinski definition) is 2. The van der Waals surface area contributed by atoms with Gasteiger partial charge in [-0.05, 0) is 42.8 Å². The first-order valence-corrected chi connectivity index (χ1v) is 6.83.